The van der Waals surface area contributed by atoms with Crippen LogP contribution in [0.5, 0.6) is 0 Å². The Hall–Kier alpha value is -2.66. The number of likely N-dealkylation sites (tertiary alicyclic amines) is 1. The standard InChI is InChI=1S/C19H21N3O2/c1-13(23)21-16-9-7-15(8-10-16)19(24)22-11-17(18(20)12-22)14-5-3-2-4-6-14/h2-10,17-18H,11-12,20H2,1H3,(H,21,23)/t17-,18+/m0/s1. The molecule has 2 aromatic rings. The van der Waals surface area contributed by atoms with E-state index >= 15 is 0 Å². The molecule has 1 aliphatic heterocycles. The molecular formula is C19H21N3O2. The van der Waals surface area contributed by atoms with Gasteiger partial charge in [0.05, 0.1) is 0 Å². The maximum absolute atomic E-state index is 12.7. The second kappa shape index (κ2) is 6.84. The number of anilines is 1. The number of benzene rings is 2. The summed E-state index contributed by atoms with van der Waals surface area (Å²) in [5, 5.41) is 2.69. The number of nitrogens with one attached hydrogen (secondary N) is 1. The average Bonchev–Trinajstić information content (AvgIpc) is 2.97. The predicted octanol–water partition coefficient (Wildman–Crippen LogP) is 2.21. The van der Waals surface area contributed by atoms with Crippen molar-refractivity contribution in [2.24, 2.45) is 5.73 Å². The predicted molar refractivity (Wildman–Crippen MR) is 93.8 cm³/mol. The first-order valence-corrected chi connectivity index (χ1v) is 8.02. The first-order chi connectivity index (χ1) is 11.5. The van der Waals surface area contributed by atoms with Crippen molar-refractivity contribution in [3.63, 3.8) is 0 Å². The first kappa shape index (κ1) is 16.2. The van der Waals surface area contributed by atoms with Crippen molar-refractivity contribution in [3.8, 4) is 0 Å². The quantitative estimate of drug-likeness (QED) is 0.909. The smallest absolute Gasteiger partial charge is 0.253 e. The van der Waals surface area contributed by atoms with Gasteiger partial charge in [-0.05, 0) is 29.8 Å². The van der Waals surface area contributed by atoms with Crippen molar-refractivity contribution in [1.82, 2.24) is 4.90 Å². The lowest BCUT2D eigenvalue weighted by atomic mass is 9.95. The summed E-state index contributed by atoms with van der Waals surface area (Å²) in [4.78, 5) is 25.5. The number of carbonyl (C=O) groups is 2. The molecule has 1 heterocycles. The van der Waals surface area contributed by atoms with Crippen molar-refractivity contribution >= 4 is 17.5 Å². The zero-order valence-corrected chi connectivity index (χ0v) is 13.6. The molecule has 0 aromatic heterocycles. The number of hydrogen-bond donors (Lipinski definition) is 2. The van der Waals surface area contributed by atoms with Gasteiger partial charge >= 0.3 is 0 Å². The number of rotatable bonds is 3. The zero-order valence-electron chi connectivity index (χ0n) is 13.6. The van der Waals surface area contributed by atoms with E-state index in [2.05, 4.69) is 17.4 Å². The monoisotopic (exact) mass is 323 g/mol. The Morgan fingerprint density at radius 3 is 2.33 bits per heavy atom. The van der Waals surface area contributed by atoms with Crippen LogP contribution >= 0.6 is 0 Å². The topological polar surface area (TPSA) is 75.4 Å². The molecule has 0 unspecified atom stereocenters. The van der Waals surface area contributed by atoms with Crippen LogP contribution in [0, 0.1) is 0 Å². The number of carbonyl (C=O) groups excluding carboxylic acids is 2. The van der Waals surface area contributed by atoms with Crippen LogP contribution in [0.15, 0.2) is 54.6 Å². The normalized spacial score (nSPS) is 20.0. The molecule has 0 bridgehead atoms. The fraction of sp³-hybridized carbons (Fsp3) is 0.263. The van der Waals surface area contributed by atoms with Crippen molar-refractivity contribution in [2.75, 3.05) is 18.4 Å². The molecule has 5 nitrogen and oxygen atoms in total. The van der Waals surface area contributed by atoms with E-state index in [1.807, 2.05) is 18.2 Å². The second-order valence-electron chi connectivity index (χ2n) is 6.15. The molecule has 0 aliphatic carbocycles. The summed E-state index contributed by atoms with van der Waals surface area (Å²) in [7, 11) is 0. The van der Waals surface area contributed by atoms with E-state index in [0.29, 0.717) is 24.3 Å². The zero-order chi connectivity index (χ0) is 17.1. The van der Waals surface area contributed by atoms with Gasteiger partial charge in [0, 0.05) is 43.2 Å². The van der Waals surface area contributed by atoms with Gasteiger partial charge in [0.1, 0.15) is 0 Å². The molecule has 0 radical (unpaired) electrons. The van der Waals surface area contributed by atoms with E-state index in [4.69, 9.17) is 5.73 Å². The van der Waals surface area contributed by atoms with Crippen molar-refractivity contribution in [2.45, 2.75) is 18.9 Å². The molecule has 0 spiro atoms. The van der Waals surface area contributed by atoms with Crippen LogP contribution < -0.4 is 11.1 Å². The largest absolute Gasteiger partial charge is 0.336 e. The molecule has 124 valence electrons. The van der Waals surface area contributed by atoms with Gasteiger partial charge in [-0.1, -0.05) is 30.3 Å². The van der Waals surface area contributed by atoms with Crippen LogP contribution in [-0.2, 0) is 4.79 Å². The number of hydrogen-bond acceptors (Lipinski definition) is 3. The molecule has 1 saturated heterocycles. The van der Waals surface area contributed by atoms with Crippen LogP contribution in [0.4, 0.5) is 5.69 Å². The summed E-state index contributed by atoms with van der Waals surface area (Å²) in [6.45, 7) is 2.62. The summed E-state index contributed by atoms with van der Waals surface area (Å²) in [6, 6.07) is 16.9. The van der Waals surface area contributed by atoms with Crippen LogP contribution in [0.3, 0.4) is 0 Å². The highest BCUT2D eigenvalue weighted by molar-refractivity contribution is 5.95. The van der Waals surface area contributed by atoms with Crippen molar-refractivity contribution < 1.29 is 9.59 Å². The van der Waals surface area contributed by atoms with Gasteiger partial charge in [-0.25, -0.2) is 0 Å². The van der Waals surface area contributed by atoms with Gasteiger partial charge in [-0.2, -0.15) is 0 Å². The lowest BCUT2D eigenvalue weighted by Crippen LogP contribution is -2.32. The molecular weight excluding hydrogens is 302 g/mol. The Balaban J connectivity index is 1.71. The minimum atomic E-state index is -0.134. The number of nitrogens with two attached hydrogens (primary N) is 1. The van der Waals surface area contributed by atoms with E-state index in [1.54, 1.807) is 29.2 Å². The van der Waals surface area contributed by atoms with Gasteiger partial charge in [0.25, 0.3) is 5.91 Å². The third-order valence-corrected chi connectivity index (χ3v) is 4.33. The lowest BCUT2D eigenvalue weighted by Gasteiger charge is -2.17. The van der Waals surface area contributed by atoms with Crippen LogP contribution in [0.1, 0.15) is 28.8 Å². The van der Waals surface area contributed by atoms with Gasteiger partial charge in [0.2, 0.25) is 5.91 Å². The highest BCUT2D eigenvalue weighted by Gasteiger charge is 2.34. The van der Waals surface area contributed by atoms with Gasteiger partial charge < -0.3 is 16.0 Å². The third-order valence-electron chi connectivity index (χ3n) is 4.33. The molecule has 5 heteroatoms. The molecule has 1 fully saturated rings. The van der Waals surface area contributed by atoms with E-state index in [1.165, 1.54) is 12.5 Å². The molecule has 3 N–H and O–H groups in total. The van der Waals surface area contributed by atoms with Crippen LogP contribution in [0.2, 0.25) is 0 Å². The molecule has 2 aromatic carbocycles. The summed E-state index contributed by atoms with van der Waals surface area (Å²) >= 11 is 0. The van der Waals surface area contributed by atoms with Gasteiger partial charge in [-0.3, -0.25) is 9.59 Å². The number of nitrogens with zero attached hydrogens (tertiary/aromatic N) is 1. The van der Waals surface area contributed by atoms with E-state index < -0.39 is 0 Å². The minimum absolute atomic E-state index is 0.0294. The Bertz CT molecular complexity index is 728. The van der Waals surface area contributed by atoms with Crippen molar-refractivity contribution in [3.05, 3.63) is 65.7 Å². The third kappa shape index (κ3) is 3.46. The Kier molecular flexibility index (Phi) is 4.62. The molecule has 2 atom stereocenters. The maximum Gasteiger partial charge on any atom is 0.253 e. The fourth-order valence-electron chi connectivity index (χ4n) is 3.13. The van der Waals surface area contributed by atoms with E-state index in [-0.39, 0.29) is 23.8 Å². The summed E-state index contributed by atoms with van der Waals surface area (Å²) in [5.74, 6) is -0.00245. The van der Waals surface area contributed by atoms with E-state index in [0.717, 1.165) is 0 Å². The minimum Gasteiger partial charge on any atom is -0.336 e. The SMILES string of the molecule is CC(=O)Nc1ccc(C(=O)N2C[C@@H](N)[C@H](c3ccccc3)C2)cc1. The van der Waals surface area contributed by atoms with Crippen LogP contribution in [-0.4, -0.2) is 35.8 Å². The Morgan fingerprint density at radius 1 is 1.04 bits per heavy atom. The van der Waals surface area contributed by atoms with E-state index in [9.17, 15) is 9.59 Å². The van der Waals surface area contributed by atoms with Crippen molar-refractivity contribution in [1.29, 1.82) is 0 Å². The highest BCUT2D eigenvalue weighted by Crippen LogP contribution is 2.27. The fourth-order valence-corrected chi connectivity index (χ4v) is 3.13. The Labute approximate surface area is 141 Å². The molecule has 2 amide bonds. The average molecular weight is 323 g/mol. The second-order valence-corrected chi connectivity index (χ2v) is 6.15. The Morgan fingerprint density at radius 2 is 1.71 bits per heavy atom. The summed E-state index contributed by atoms with van der Waals surface area (Å²) < 4.78 is 0. The summed E-state index contributed by atoms with van der Waals surface area (Å²) in [6.07, 6.45) is 0. The van der Waals surface area contributed by atoms with Crippen LogP contribution in [0.25, 0.3) is 0 Å². The summed E-state index contributed by atoms with van der Waals surface area (Å²) in [5.41, 5.74) is 8.70. The highest BCUT2D eigenvalue weighted by atomic mass is 16.2. The van der Waals surface area contributed by atoms with Gasteiger partial charge in [-0.15, -0.1) is 0 Å². The molecule has 0 saturated carbocycles. The molecule has 1 aliphatic rings. The lowest BCUT2D eigenvalue weighted by molar-refractivity contribution is -0.114. The number of amides is 2. The van der Waals surface area contributed by atoms with Gasteiger partial charge in [0.15, 0.2) is 0 Å². The maximum atomic E-state index is 12.7. The first-order valence-electron chi connectivity index (χ1n) is 8.02. The molecule has 3 rings (SSSR count). The molecule has 24 heavy (non-hydrogen) atoms.